The van der Waals surface area contributed by atoms with Crippen molar-refractivity contribution in [3.8, 4) is 5.75 Å². The molecule has 0 aliphatic carbocycles. The zero-order valence-electron chi connectivity index (χ0n) is 19.6. The van der Waals surface area contributed by atoms with Gasteiger partial charge >= 0.3 is 5.97 Å². The van der Waals surface area contributed by atoms with E-state index in [4.69, 9.17) is 4.74 Å². The lowest BCUT2D eigenvalue weighted by atomic mass is 10.1. The summed E-state index contributed by atoms with van der Waals surface area (Å²) >= 11 is 0. The van der Waals surface area contributed by atoms with Crippen LogP contribution >= 0.6 is 0 Å². The first-order valence-electron chi connectivity index (χ1n) is 11.6. The number of benzene rings is 2. The van der Waals surface area contributed by atoms with Crippen LogP contribution in [-0.4, -0.2) is 38.8 Å². The minimum Gasteiger partial charge on any atom is -0.494 e. The van der Waals surface area contributed by atoms with E-state index in [0.717, 1.165) is 53.7 Å². The van der Waals surface area contributed by atoms with Gasteiger partial charge in [-0.05, 0) is 47.7 Å². The Morgan fingerprint density at radius 1 is 1.09 bits per heavy atom. The van der Waals surface area contributed by atoms with E-state index in [9.17, 15) is 9.90 Å². The van der Waals surface area contributed by atoms with Crippen LogP contribution < -0.4 is 9.64 Å². The summed E-state index contributed by atoms with van der Waals surface area (Å²) in [5.74, 6) is 0.611. The summed E-state index contributed by atoms with van der Waals surface area (Å²) in [6.45, 7) is 4.10. The number of hydrogen-bond donors (Lipinski definition) is 1. The van der Waals surface area contributed by atoms with Crippen LogP contribution in [-0.2, 0) is 31.2 Å². The van der Waals surface area contributed by atoms with Gasteiger partial charge in [0.1, 0.15) is 5.75 Å². The molecule has 0 amide bonds. The molecule has 0 bridgehead atoms. The van der Waals surface area contributed by atoms with E-state index in [2.05, 4.69) is 33.9 Å². The number of aliphatic carboxylic acids is 1. The first kappa shape index (κ1) is 23.3. The fraction of sp³-hybridized carbons (Fsp3) is 0.296. The Morgan fingerprint density at radius 3 is 2.56 bits per heavy atom. The molecule has 0 saturated heterocycles. The first-order chi connectivity index (χ1) is 16.5. The molecule has 0 fully saturated rings. The molecule has 0 aliphatic heterocycles. The number of carboxylic acids is 1. The van der Waals surface area contributed by atoms with Gasteiger partial charge in [0.25, 0.3) is 0 Å². The van der Waals surface area contributed by atoms with Gasteiger partial charge in [0, 0.05) is 49.6 Å². The maximum absolute atomic E-state index is 11.2. The summed E-state index contributed by atoms with van der Waals surface area (Å²) in [5, 5.41) is 10.1. The zero-order chi connectivity index (χ0) is 23.9. The van der Waals surface area contributed by atoms with Crippen molar-refractivity contribution in [2.75, 3.05) is 18.1 Å². The molecule has 2 heterocycles. The fourth-order valence-corrected chi connectivity index (χ4v) is 4.04. The van der Waals surface area contributed by atoms with Crippen LogP contribution in [0, 0.1) is 0 Å². The minimum absolute atomic E-state index is 0.00788. The molecule has 0 spiro atoms. The van der Waals surface area contributed by atoms with Gasteiger partial charge in [-0.1, -0.05) is 37.3 Å². The lowest BCUT2D eigenvalue weighted by Gasteiger charge is -2.23. The molecule has 2 aromatic heterocycles. The van der Waals surface area contributed by atoms with Crippen LogP contribution in [0.1, 0.15) is 30.0 Å². The molecule has 0 radical (unpaired) electrons. The lowest BCUT2D eigenvalue weighted by Crippen LogP contribution is -2.27. The Labute approximate surface area is 199 Å². The highest BCUT2D eigenvalue weighted by molar-refractivity contribution is 5.88. The largest absolute Gasteiger partial charge is 0.494 e. The smallest absolute Gasteiger partial charge is 0.307 e. The van der Waals surface area contributed by atoms with Gasteiger partial charge in [0.15, 0.2) is 0 Å². The highest BCUT2D eigenvalue weighted by atomic mass is 16.5. The summed E-state index contributed by atoms with van der Waals surface area (Å²) in [6.07, 6.45) is 7.34. The van der Waals surface area contributed by atoms with Crippen molar-refractivity contribution in [2.24, 2.45) is 7.05 Å². The van der Waals surface area contributed by atoms with Crippen LogP contribution in [0.3, 0.4) is 0 Å². The topological polar surface area (TPSA) is 80.5 Å². The SMILES string of the molecule is CCc1cnc(N(CCCOc2ccc3c(c2)c(CC(=O)O)cn3C)Cc2ccccc2)nc1. The number of rotatable bonds is 11. The number of carbonyl (C=O) groups is 1. The van der Waals surface area contributed by atoms with Crippen molar-refractivity contribution in [3.63, 3.8) is 0 Å². The van der Waals surface area contributed by atoms with Crippen molar-refractivity contribution >= 4 is 22.8 Å². The van der Waals surface area contributed by atoms with Gasteiger partial charge in [0.2, 0.25) is 5.95 Å². The molecular weight excluding hydrogens is 428 g/mol. The molecule has 176 valence electrons. The third-order valence-electron chi connectivity index (χ3n) is 5.83. The van der Waals surface area contributed by atoms with Crippen molar-refractivity contribution in [1.29, 1.82) is 0 Å². The van der Waals surface area contributed by atoms with Crippen LogP contribution in [0.15, 0.2) is 67.1 Å². The number of anilines is 1. The number of carboxylic acid groups (broad SMARTS) is 1. The van der Waals surface area contributed by atoms with Gasteiger partial charge in [-0.2, -0.15) is 0 Å². The number of ether oxygens (including phenoxy) is 1. The number of aromatic nitrogens is 3. The third-order valence-corrected chi connectivity index (χ3v) is 5.83. The van der Waals surface area contributed by atoms with Crippen LogP contribution in [0.25, 0.3) is 10.9 Å². The molecule has 7 nitrogen and oxygen atoms in total. The Hall–Kier alpha value is -3.87. The normalized spacial score (nSPS) is 11.0. The van der Waals surface area contributed by atoms with E-state index in [-0.39, 0.29) is 6.42 Å². The Kier molecular flexibility index (Phi) is 7.42. The number of hydrogen-bond acceptors (Lipinski definition) is 5. The summed E-state index contributed by atoms with van der Waals surface area (Å²) in [5.41, 5.74) is 4.10. The summed E-state index contributed by atoms with van der Waals surface area (Å²) in [7, 11) is 1.92. The molecule has 4 rings (SSSR count). The Balaban J connectivity index is 1.41. The molecule has 1 N–H and O–H groups in total. The highest BCUT2D eigenvalue weighted by Crippen LogP contribution is 2.26. The van der Waals surface area contributed by atoms with Gasteiger partial charge in [-0.15, -0.1) is 0 Å². The van der Waals surface area contributed by atoms with Crippen molar-refractivity contribution in [2.45, 2.75) is 32.7 Å². The minimum atomic E-state index is -0.841. The van der Waals surface area contributed by atoms with Gasteiger partial charge in [-0.25, -0.2) is 9.97 Å². The van der Waals surface area contributed by atoms with Gasteiger partial charge < -0.3 is 19.3 Å². The lowest BCUT2D eigenvalue weighted by molar-refractivity contribution is -0.136. The maximum atomic E-state index is 11.2. The first-order valence-corrected chi connectivity index (χ1v) is 11.6. The Bertz CT molecular complexity index is 1240. The molecule has 2 aromatic carbocycles. The molecule has 0 saturated carbocycles. The average Bonchev–Trinajstić information content (AvgIpc) is 3.15. The number of nitrogens with zero attached hydrogens (tertiary/aromatic N) is 4. The van der Waals surface area contributed by atoms with Crippen molar-refractivity contribution in [3.05, 3.63) is 83.8 Å². The summed E-state index contributed by atoms with van der Waals surface area (Å²) in [6, 6.07) is 16.1. The predicted molar refractivity (Wildman–Crippen MR) is 133 cm³/mol. The predicted octanol–water partition coefficient (Wildman–Crippen LogP) is 4.63. The number of fused-ring (bicyclic) bond motifs is 1. The van der Waals surface area contributed by atoms with Crippen LogP contribution in [0.5, 0.6) is 5.75 Å². The van der Waals surface area contributed by atoms with Gasteiger partial charge in [0.05, 0.1) is 13.0 Å². The molecule has 0 atom stereocenters. The number of aryl methyl sites for hydroxylation is 2. The zero-order valence-corrected chi connectivity index (χ0v) is 19.6. The van der Waals surface area contributed by atoms with E-state index in [0.29, 0.717) is 12.6 Å². The maximum Gasteiger partial charge on any atom is 0.307 e. The second kappa shape index (κ2) is 10.8. The van der Waals surface area contributed by atoms with Crippen LogP contribution in [0.2, 0.25) is 0 Å². The summed E-state index contributed by atoms with van der Waals surface area (Å²) in [4.78, 5) is 22.5. The monoisotopic (exact) mass is 458 g/mol. The van der Waals surface area contributed by atoms with E-state index >= 15 is 0 Å². The third kappa shape index (κ3) is 5.73. The van der Waals surface area contributed by atoms with Crippen molar-refractivity contribution < 1.29 is 14.6 Å². The average molecular weight is 459 g/mol. The van der Waals surface area contributed by atoms with E-state index in [1.54, 1.807) is 0 Å². The molecular formula is C27H30N4O3. The second-order valence-electron chi connectivity index (χ2n) is 8.37. The molecule has 7 heteroatoms. The van der Waals surface area contributed by atoms with E-state index in [1.807, 2.05) is 66.6 Å². The Morgan fingerprint density at radius 2 is 1.85 bits per heavy atom. The highest BCUT2D eigenvalue weighted by Gasteiger charge is 2.13. The van der Waals surface area contributed by atoms with Gasteiger partial charge in [-0.3, -0.25) is 4.79 Å². The standard InChI is InChI=1S/C27H30N4O3/c1-3-20-16-28-27(29-17-20)31(18-21-8-5-4-6-9-21)12-7-13-34-23-10-11-25-24(15-23)22(14-26(32)33)19-30(25)2/h4-6,8-11,15-17,19H,3,7,12-14,18H2,1-2H3,(H,32,33). The molecule has 0 unspecified atom stereocenters. The van der Waals surface area contributed by atoms with Crippen molar-refractivity contribution in [1.82, 2.24) is 14.5 Å². The fourth-order valence-electron chi connectivity index (χ4n) is 4.04. The summed E-state index contributed by atoms with van der Waals surface area (Å²) < 4.78 is 7.98. The second-order valence-corrected chi connectivity index (χ2v) is 8.37. The van der Waals surface area contributed by atoms with Crippen LogP contribution in [0.4, 0.5) is 5.95 Å². The quantitative estimate of drug-likeness (QED) is 0.330. The molecule has 0 aliphatic rings. The van der Waals surface area contributed by atoms with E-state index < -0.39 is 5.97 Å². The molecule has 34 heavy (non-hydrogen) atoms. The van der Waals surface area contributed by atoms with E-state index in [1.165, 1.54) is 5.56 Å². The molecule has 4 aromatic rings.